The van der Waals surface area contributed by atoms with Crippen LogP contribution in [0.25, 0.3) is 0 Å². The Bertz CT molecular complexity index is 1320. The van der Waals surface area contributed by atoms with Crippen LogP contribution in [0.1, 0.15) is 16.7 Å². The first kappa shape index (κ1) is 27.2. The van der Waals surface area contributed by atoms with Gasteiger partial charge in [-0.1, -0.05) is 72.3 Å². The Morgan fingerprint density at radius 3 is 2.25 bits per heavy atom. The van der Waals surface area contributed by atoms with Gasteiger partial charge in [-0.25, -0.2) is 8.42 Å². The molecule has 2 amide bonds. The molecular formula is C27H30ClN3O4S. The highest BCUT2D eigenvalue weighted by molar-refractivity contribution is 7.92. The highest BCUT2D eigenvalue weighted by Gasteiger charge is 2.32. The molecule has 3 aromatic carbocycles. The van der Waals surface area contributed by atoms with Crippen molar-refractivity contribution in [1.82, 2.24) is 10.2 Å². The molecule has 36 heavy (non-hydrogen) atoms. The molecule has 0 aromatic heterocycles. The first-order valence-corrected chi connectivity index (χ1v) is 13.7. The summed E-state index contributed by atoms with van der Waals surface area (Å²) in [5.41, 5.74) is 2.74. The number of amides is 2. The minimum Gasteiger partial charge on any atom is -0.357 e. The van der Waals surface area contributed by atoms with Crippen LogP contribution in [0.15, 0.2) is 78.9 Å². The molecule has 7 nitrogen and oxygen atoms in total. The second-order valence-electron chi connectivity index (χ2n) is 8.54. The van der Waals surface area contributed by atoms with Gasteiger partial charge in [0.1, 0.15) is 12.6 Å². The Kier molecular flexibility index (Phi) is 9.12. The van der Waals surface area contributed by atoms with Crippen LogP contribution in [0, 0.1) is 6.92 Å². The number of halogens is 1. The van der Waals surface area contributed by atoms with Crippen LogP contribution in [0.3, 0.4) is 0 Å². The Labute approximate surface area is 217 Å². The number of hydrogen-bond acceptors (Lipinski definition) is 4. The molecule has 0 unspecified atom stereocenters. The van der Waals surface area contributed by atoms with Gasteiger partial charge < -0.3 is 10.2 Å². The third-order valence-electron chi connectivity index (χ3n) is 5.78. The number of nitrogens with one attached hydrogen (secondary N) is 1. The molecule has 0 aliphatic rings. The molecule has 0 heterocycles. The number of carbonyl (C=O) groups excluding carboxylic acids is 2. The smallest absolute Gasteiger partial charge is 0.244 e. The summed E-state index contributed by atoms with van der Waals surface area (Å²) < 4.78 is 26.5. The van der Waals surface area contributed by atoms with Crippen molar-refractivity contribution in [1.29, 1.82) is 0 Å². The van der Waals surface area contributed by atoms with Gasteiger partial charge >= 0.3 is 0 Å². The van der Waals surface area contributed by atoms with Gasteiger partial charge in [0.15, 0.2) is 0 Å². The molecule has 3 rings (SSSR count). The molecule has 3 aromatic rings. The van der Waals surface area contributed by atoms with E-state index in [2.05, 4.69) is 5.32 Å². The van der Waals surface area contributed by atoms with Crippen LogP contribution in [0.5, 0.6) is 0 Å². The van der Waals surface area contributed by atoms with Gasteiger partial charge in [0, 0.05) is 25.0 Å². The zero-order valence-corrected chi connectivity index (χ0v) is 22.1. The van der Waals surface area contributed by atoms with E-state index in [1.165, 1.54) is 11.9 Å². The molecule has 0 aliphatic heterocycles. The summed E-state index contributed by atoms with van der Waals surface area (Å²) >= 11 is 6.40. The molecule has 1 atom stereocenters. The van der Waals surface area contributed by atoms with Crippen LogP contribution in [-0.2, 0) is 32.6 Å². The normalized spacial score (nSPS) is 12.0. The number of sulfonamides is 1. The number of aryl methyl sites for hydroxylation is 1. The van der Waals surface area contributed by atoms with Crippen molar-refractivity contribution in [2.45, 2.75) is 25.9 Å². The lowest BCUT2D eigenvalue weighted by atomic mass is 10.0. The van der Waals surface area contributed by atoms with E-state index in [1.807, 2.05) is 43.3 Å². The minimum atomic E-state index is -3.80. The summed E-state index contributed by atoms with van der Waals surface area (Å²) in [5.74, 6) is -0.882. The zero-order valence-electron chi connectivity index (χ0n) is 20.5. The van der Waals surface area contributed by atoms with E-state index < -0.39 is 28.5 Å². The molecule has 0 bridgehead atoms. The lowest BCUT2D eigenvalue weighted by Gasteiger charge is -2.33. The molecule has 0 saturated carbocycles. The number of carbonyl (C=O) groups is 2. The topological polar surface area (TPSA) is 86.8 Å². The number of likely N-dealkylation sites (N-methyl/N-ethyl adjacent to an activating group) is 1. The van der Waals surface area contributed by atoms with E-state index in [1.54, 1.807) is 42.5 Å². The fraction of sp³-hybridized carbons (Fsp3) is 0.259. The third-order valence-corrected chi connectivity index (χ3v) is 7.29. The van der Waals surface area contributed by atoms with Crippen molar-refractivity contribution >= 4 is 39.1 Å². The maximum atomic E-state index is 13.8. The highest BCUT2D eigenvalue weighted by atomic mass is 35.5. The van der Waals surface area contributed by atoms with E-state index in [9.17, 15) is 18.0 Å². The van der Waals surface area contributed by atoms with E-state index in [0.29, 0.717) is 16.3 Å². The summed E-state index contributed by atoms with van der Waals surface area (Å²) in [6, 6.07) is 22.4. The maximum Gasteiger partial charge on any atom is 0.244 e. The molecule has 0 radical (unpaired) electrons. The lowest BCUT2D eigenvalue weighted by Crippen LogP contribution is -2.52. The SMILES string of the molecule is CNC(=O)[C@H](Cc1ccccc1)N(Cc1ccccc1Cl)C(=O)CN(c1cccc(C)c1)S(C)(=O)=O. The molecule has 1 N–H and O–H groups in total. The van der Waals surface area contributed by atoms with E-state index >= 15 is 0 Å². The second-order valence-corrected chi connectivity index (χ2v) is 10.9. The molecule has 0 spiro atoms. The average Bonchev–Trinajstić information content (AvgIpc) is 2.85. The Balaban J connectivity index is 2.04. The summed E-state index contributed by atoms with van der Waals surface area (Å²) in [7, 11) is -2.29. The van der Waals surface area contributed by atoms with Crippen molar-refractivity contribution in [2.75, 3.05) is 24.2 Å². The number of benzene rings is 3. The maximum absolute atomic E-state index is 13.8. The molecule has 190 valence electrons. The third kappa shape index (κ3) is 7.08. The first-order valence-electron chi connectivity index (χ1n) is 11.4. The molecular weight excluding hydrogens is 498 g/mol. The van der Waals surface area contributed by atoms with Crippen molar-refractivity contribution in [3.8, 4) is 0 Å². The van der Waals surface area contributed by atoms with Crippen molar-refractivity contribution < 1.29 is 18.0 Å². The fourth-order valence-corrected chi connectivity index (χ4v) is 4.96. The van der Waals surface area contributed by atoms with E-state index in [4.69, 9.17) is 11.6 Å². The zero-order chi connectivity index (χ0) is 26.3. The summed E-state index contributed by atoms with van der Waals surface area (Å²) in [6.45, 7) is 1.42. The fourth-order valence-electron chi connectivity index (χ4n) is 3.93. The predicted octanol–water partition coefficient (Wildman–Crippen LogP) is 3.80. The van der Waals surface area contributed by atoms with Crippen molar-refractivity contribution in [3.63, 3.8) is 0 Å². The summed E-state index contributed by atoms with van der Waals surface area (Å²) in [4.78, 5) is 28.3. The van der Waals surface area contributed by atoms with Crippen LogP contribution in [0.2, 0.25) is 5.02 Å². The molecule has 0 fully saturated rings. The number of rotatable bonds is 10. The van der Waals surface area contributed by atoms with Gasteiger partial charge in [-0.05, 0) is 41.8 Å². The number of anilines is 1. The van der Waals surface area contributed by atoms with Crippen LogP contribution < -0.4 is 9.62 Å². The molecule has 9 heteroatoms. The molecule has 0 aliphatic carbocycles. The van der Waals surface area contributed by atoms with E-state index in [0.717, 1.165) is 21.7 Å². The van der Waals surface area contributed by atoms with Crippen LogP contribution in [0.4, 0.5) is 5.69 Å². The first-order chi connectivity index (χ1) is 17.1. The van der Waals surface area contributed by atoms with Gasteiger partial charge in [0.05, 0.1) is 11.9 Å². The average molecular weight is 528 g/mol. The van der Waals surface area contributed by atoms with Crippen molar-refractivity contribution in [2.24, 2.45) is 0 Å². The summed E-state index contributed by atoms with van der Waals surface area (Å²) in [6.07, 6.45) is 1.31. The van der Waals surface area contributed by atoms with Gasteiger partial charge in [-0.3, -0.25) is 13.9 Å². The van der Waals surface area contributed by atoms with Gasteiger partial charge in [0.2, 0.25) is 21.8 Å². The Hall–Kier alpha value is -3.36. The highest BCUT2D eigenvalue weighted by Crippen LogP contribution is 2.23. The van der Waals surface area contributed by atoms with Gasteiger partial charge in [-0.15, -0.1) is 0 Å². The number of hydrogen-bond donors (Lipinski definition) is 1. The Morgan fingerprint density at radius 2 is 1.64 bits per heavy atom. The minimum absolute atomic E-state index is 0.0366. The molecule has 0 saturated heterocycles. The Morgan fingerprint density at radius 1 is 0.972 bits per heavy atom. The number of nitrogens with zero attached hydrogens (tertiary/aromatic N) is 2. The quantitative estimate of drug-likeness (QED) is 0.434. The van der Waals surface area contributed by atoms with E-state index in [-0.39, 0.29) is 18.9 Å². The standard InChI is InChI=1S/C27H30ClN3O4S/c1-20-10-9-14-23(16-20)31(36(3,34)35)19-26(32)30(18-22-13-7-8-15-24(22)28)25(27(33)29-2)17-21-11-5-4-6-12-21/h4-16,25H,17-19H2,1-3H3,(H,29,33)/t25-/m0/s1. The predicted molar refractivity (Wildman–Crippen MR) is 143 cm³/mol. The van der Waals surface area contributed by atoms with Crippen molar-refractivity contribution in [3.05, 3.63) is 101 Å². The summed E-state index contributed by atoms with van der Waals surface area (Å²) in [5, 5.41) is 3.09. The van der Waals surface area contributed by atoms with Gasteiger partial charge in [-0.2, -0.15) is 0 Å². The lowest BCUT2D eigenvalue weighted by molar-refractivity contribution is -0.139. The second kappa shape index (κ2) is 12.1. The van der Waals surface area contributed by atoms with Crippen LogP contribution >= 0.6 is 11.6 Å². The largest absolute Gasteiger partial charge is 0.357 e. The monoisotopic (exact) mass is 527 g/mol. The van der Waals surface area contributed by atoms with Gasteiger partial charge in [0.25, 0.3) is 0 Å². The van der Waals surface area contributed by atoms with Crippen LogP contribution in [-0.4, -0.2) is 51.0 Å².